The molecule has 0 aliphatic rings. The second kappa shape index (κ2) is 11.3. The number of hydrogen-bond donors (Lipinski definition) is 5. The number of rotatable bonds is 13. The van der Waals surface area contributed by atoms with Gasteiger partial charge >= 0.3 is 47.8 Å². The molecule has 0 fully saturated rings. The third-order valence-corrected chi connectivity index (χ3v) is 3.45. The zero-order valence-electron chi connectivity index (χ0n) is 16.3. The Morgan fingerprint density at radius 3 is 1.62 bits per heavy atom. The van der Waals surface area contributed by atoms with E-state index in [2.05, 4.69) is 14.2 Å². The number of hydrogen-bond acceptors (Lipinski definition) is 12. The molecule has 0 spiro atoms. The summed E-state index contributed by atoms with van der Waals surface area (Å²) < 4.78 is 12.8. The summed E-state index contributed by atoms with van der Waals surface area (Å²) in [6, 6.07) is 0. The van der Waals surface area contributed by atoms with Crippen LogP contribution in [0.2, 0.25) is 0 Å². The fraction of sp³-hybridized carbons (Fsp3) is 0.500. The minimum atomic E-state index is -3.24. The van der Waals surface area contributed by atoms with E-state index >= 15 is 0 Å². The Kier molecular flexibility index (Phi) is 9.90. The molecule has 16 nitrogen and oxygen atoms in total. The Hall–Kier alpha value is -4.08. The lowest BCUT2D eigenvalue weighted by Crippen LogP contribution is -2.50. The van der Waals surface area contributed by atoms with Gasteiger partial charge in [-0.1, -0.05) is 0 Å². The van der Waals surface area contributed by atoms with Gasteiger partial charge in [0.2, 0.25) is 5.60 Å². The molecule has 5 N–H and O–H groups in total. The normalized spacial score (nSPS) is 14.1. The molecule has 0 aliphatic carbocycles. The summed E-state index contributed by atoms with van der Waals surface area (Å²) in [6.45, 7) is -0.337. The number of carboxylic acids is 4. The molecule has 2 unspecified atom stereocenters. The van der Waals surface area contributed by atoms with Crippen molar-refractivity contribution in [3.05, 3.63) is 0 Å². The Labute approximate surface area is 177 Å². The molecule has 0 saturated carbocycles. The smallest absolute Gasteiger partial charge is 0.351 e. The van der Waals surface area contributed by atoms with Crippen molar-refractivity contribution in [3.8, 4) is 0 Å². The highest BCUT2D eigenvalue weighted by Gasteiger charge is 2.50. The van der Waals surface area contributed by atoms with Crippen molar-refractivity contribution in [1.29, 1.82) is 0 Å². The predicted molar refractivity (Wildman–Crippen MR) is 90.5 cm³/mol. The van der Waals surface area contributed by atoms with Crippen LogP contribution in [0.15, 0.2) is 0 Å². The van der Waals surface area contributed by atoms with E-state index in [1.54, 1.807) is 0 Å². The van der Waals surface area contributed by atoms with Gasteiger partial charge in [-0.05, 0) is 0 Å². The largest absolute Gasteiger partial charge is 0.481 e. The fourth-order valence-corrected chi connectivity index (χ4v) is 2.14. The van der Waals surface area contributed by atoms with Crippen LogP contribution in [0.25, 0.3) is 0 Å². The molecular formula is C16H18O16. The van der Waals surface area contributed by atoms with Gasteiger partial charge in [-0.15, -0.1) is 0 Å². The van der Waals surface area contributed by atoms with Gasteiger partial charge in [0.25, 0.3) is 0 Å². The van der Waals surface area contributed by atoms with Crippen molar-refractivity contribution in [2.45, 2.75) is 43.8 Å². The number of aliphatic hydroxyl groups is 1. The standard InChI is InChI=1S/C16H18O16/c1-7(17)31-12(24)6-30-10(22)5-16(14(27)28,3-9(20)21)32-11(23)4-15(29,13(25)26)2-8(18)19/h29H,2-6H2,1H3,(H,18,19)(H,20,21)(H,25,26)(H,27,28). The summed E-state index contributed by atoms with van der Waals surface area (Å²) >= 11 is 0. The summed E-state index contributed by atoms with van der Waals surface area (Å²) in [7, 11) is 0. The maximum Gasteiger partial charge on any atom is 0.351 e. The van der Waals surface area contributed by atoms with E-state index in [0.717, 1.165) is 6.92 Å². The van der Waals surface area contributed by atoms with E-state index in [1.807, 2.05) is 0 Å². The number of esters is 4. The number of carbonyl (C=O) groups is 8. The molecule has 16 heteroatoms. The van der Waals surface area contributed by atoms with Gasteiger partial charge in [-0.25, -0.2) is 14.4 Å². The highest BCUT2D eigenvalue weighted by Crippen LogP contribution is 2.26. The van der Waals surface area contributed by atoms with Crippen LogP contribution < -0.4 is 0 Å². The Balaban J connectivity index is 5.65. The van der Waals surface area contributed by atoms with E-state index in [1.165, 1.54) is 0 Å². The van der Waals surface area contributed by atoms with Gasteiger partial charge in [0.1, 0.15) is 0 Å². The molecule has 0 radical (unpaired) electrons. The van der Waals surface area contributed by atoms with Gasteiger partial charge in [0.05, 0.1) is 25.7 Å². The first-order valence-corrected chi connectivity index (χ1v) is 8.24. The minimum Gasteiger partial charge on any atom is -0.481 e. The quantitative estimate of drug-likeness (QED) is 0.107. The molecule has 0 amide bonds. The minimum absolute atomic E-state index is 0.851. The van der Waals surface area contributed by atoms with Crippen molar-refractivity contribution in [2.24, 2.45) is 0 Å². The summed E-state index contributed by atoms with van der Waals surface area (Å²) in [4.78, 5) is 90.2. The zero-order chi connectivity index (χ0) is 25.3. The monoisotopic (exact) mass is 466 g/mol. The molecule has 2 atom stereocenters. The second-order valence-corrected chi connectivity index (χ2v) is 6.23. The van der Waals surface area contributed by atoms with Gasteiger partial charge in [-0.3, -0.25) is 24.0 Å². The van der Waals surface area contributed by atoms with Crippen LogP contribution in [0, 0.1) is 0 Å². The third-order valence-electron chi connectivity index (χ3n) is 3.45. The van der Waals surface area contributed by atoms with E-state index in [4.69, 9.17) is 15.3 Å². The van der Waals surface area contributed by atoms with Gasteiger partial charge in [0, 0.05) is 6.92 Å². The van der Waals surface area contributed by atoms with Gasteiger partial charge < -0.3 is 39.7 Å². The third kappa shape index (κ3) is 9.16. The van der Waals surface area contributed by atoms with Crippen molar-refractivity contribution >= 4 is 47.8 Å². The molecule has 0 saturated heterocycles. The number of ether oxygens (including phenoxy) is 3. The van der Waals surface area contributed by atoms with E-state index in [-0.39, 0.29) is 0 Å². The highest BCUT2D eigenvalue weighted by atomic mass is 16.6. The topological polar surface area (TPSA) is 265 Å². The maximum absolute atomic E-state index is 12.1. The Morgan fingerprint density at radius 2 is 1.22 bits per heavy atom. The Bertz CT molecular complexity index is 828. The number of aliphatic carboxylic acids is 4. The van der Waals surface area contributed by atoms with Crippen LogP contribution in [-0.4, -0.2) is 91.1 Å². The molecule has 0 heterocycles. The first-order chi connectivity index (χ1) is 14.5. The van der Waals surface area contributed by atoms with Crippen LogP contribution in [0.3, 0.4) is 0 Å². The van der Waals surface area contributed by atoms with Crippen molar-refractivity contribution in [1.82, 2.24) is 0 Å². The summed E-state index contributed by atoms with van der Waals surface area (Å²) in [5.74, 6) is -14.0. The van der Waals surface area contributed by atoms with Crippen LogP contribution in [-0.2, 0) is 52.6 Å². The highest BCUT2D eigenvalue weighted by molar-refractivity contribution is 5.93. The van der Waals surface area contributed by atoms with E-state index in [0.29, 0.717) is 0 Å². The van der Waals surface area contributed by atoms with E-state index in [9.17, 15) is 48.6 Å². The lowest BCUT2D eigenvalue weighted by molar-refractivity contribution is -0.192. The van der Waals surface area contributed by atoms with Gasteiger partial charge in [-0.2, -0.15) is 0 Å². The predicted octanol–water partition coefficient (Wildman–Crippen LogP) is -2.47. The number of carbonyl (C=O) groups excluding carboxylic acids is 4. The van der Waals surface area contributed by atoms with Crippen molar-refractivity contribution in [3.63, 3.8) is 0 Å². The first-order valence-electron chi connectivity index (χ1n) is 8.24. The molecule has 0 bridgehead atoms. The molecular weight excluding hydrogens is 448 g/mol. The SMILES string of the molecule is CC(=O)OC(=O)COC(=O)CC(CC(=O)O)(OC(=O)CC(O)(CC(=O)O)C(=O)O)C(=O)O. The van der Waals surface area contributed by atoms with Gasteiger partial charge in [0.15, 0.2) is 12.2 Å². The molecule has 32 heavy (non-hydrogen) atoms. The van der Waals surface area contributed by atoms with Crippen LogP contribution in [0.4, 0.5) is 0 Å². The molecule has 0 rings (SSSR count). The molecule has 0 aromatic rings. The molecule has 178 valence electrons. The molecule has 0 aromatic heterocycles. The molecule has 0 aromatic carbocycles. The maximum atomic E-state index is 12.1. The van der Waals surface area contributed by atoms with Crippen LogP contribution in [0.1, 0.15) is 32.6 Å². The average molecular weight is 466 g/mol. The lowest BCUT2D eigenvalue weighted by Gasteiger charge is -2.28. The van der Waals surface area contributed by atoms with Crippen LogP contribution in [0.5, 0.6) is 0 Å². The average Bonchev–Trinajstić information content (AvgIpc) is 2.57. The lowest BCUT2D eigenvalue weighted by atomic mass is 9.93. The Morgan fingerprint density at radius 1 is 0.688 bits per heavy atom. The second-order valence-electron chi connectivity index (χ2n) is 6.23. The van der Waals surface area contributed by atoms with Crippen LogP contribution >= 0.6 is 0 Å². The number of carboxylic acid groups (broad SMARTS) is 4. The molecule has 0 aliphatic heterocycles. The summed E-state index contributed by atoms with van der Waals surface area (Å²) in [5.41, 5.74) is -6.43. The van der Waals surface area contributed by atoms with Crippen molar-refractivity contribution < 1.29 is 78.1 Å². The fourth-order valence-electron chi connectivity index (χ4n) is 2.14. The van der Waals surface area contributed by atoms with E-state index < -0.39 is 91.2 Å². The summed E-state index contributed by atoms with van der Waals surface area (Å²) in [6.07, 6.45) is -6.18. The first kappa shape index (κ1) is 27.9. The van der Waals surface area contributed by atoms with Crippen molar-refractivity contribution in [2.75, 3.05) is 6.61 Å². The zero-order valence-corrected chi connectivity index (χ0v) is 16.3. The summed E-state index contributed by atoms with van der Waals surface area (Å²) in [5, 5.41) is 45.7.